The monoisotopic (exact) mass is 184 g/mol. The molecule has 0 atom stereocenters. The molecule has 0 aliphatic carbocycles. The van der Waals surface area contributed by atoms with E-state index < -0.39 is 0 Å². The number of methoxy groups -OCH3 is 2. The van der Waals surface area contributed by atoms with Gasteiger partial charge >= 0.3 is 0 Å². The van der Waals surface area contributed by atoms with Crippen LogP contribution in [0.5, 0.6) is 0 Å². The lowest BCUT2D eigenvalue weighted by molar-refractivity contribution is -0.118. The van der Waals surface area contributed by atoms with E-state index >= 15 is 0 Å². The second-order valence-corrected chi connectivity index (χ2v) is 2.86. The van der Waals surface area contributed by atoms with Gasteiger partial charge in [-0.25, -0.2) is 0 Å². The van der Waals surface area contributed by atoms with Crippen molar-refractivity contribution in [1.29, 1.82) is 0 Å². The molecule has 3 heteroatoms. The van der Waals surface area contributed by atoms with Crippen LogP contribution in [0.15, 0.2) is 16.5 Å². The molecule has 0 unspecified atom stereocenters. The van der Waals surface area contributed by atoms with Crippen molar-refractivity contribution in [3.63, 3.8) is 0 Å². The molecule has 0 aliphatic heterocycles. The van der Waals surface area contributed by atoms with E-state index in [9.17, 15) is 0 Å². The molecule has 0 aliphatic rings. The molecule has 0 saturated heterocycles. The third kappa shape index (κ3) is 2.57. The van der Waals surface area contributed by atoms with E-state index in [1.165, 1.54) is 0 Å². The van der Waals surface area contributed by atoms with Crippen molar-refractivity contribution in [3.8, 4) is 0 Å². The highest BCUT2D eigenvalue weighted by molar-refractivity contribution is 5.08. The van der Waals surface area contributed by atoms with Gasteiger partial charge in [-0.05, 0) is 18.6 Å². The van der Waals surface area contributed by atoms with Crippen molar-refractivity contribution >= 4 is 0 Å². The number of ether oxygens (including phenoxy) is 2. The van der Waals surface area contributed by atoms with E-state index in [4.69, 9.17) is 13.9 Å². The van der Waals surface area contributed by atoms with Crippen LogP contribution >= 0.6 is 0 Å². The fourth-order valence-electron chi connectivity index (χ4n) is 1.23. The van der Waals surface area contributed by atoms with Crippen molar-refractivity contribution in [2.24, 2.45) is 0 Å². The second-order valence-electron chi connectivity index (χ2n) is 2.86. The average molecular weight is 184 g/mol. The van der Waals surface area contributed by atoms with Crippen LogP contribution in [-0.2, 0) is 15.9 Å². The van der Waals surface area contributed by atoms with Crippen molar-refractivity contribution in [1.82, 2.24) is 0 Å². The Bertz CT molecular complexity index is 238. The van der Waals surface area contributed by atoms with Crippen molar-refractivity contribution in [3.05, 3.63) is 23.7 Å². The van der Waals surface area contributed by atoms with Gasteiger partial charge in [0.05, 0.1) is 0 Å². The van der Waals surface area contributed by atoms with Crippen LogP contribution in [-0.4, -0.2) is 14.2 Å². The largest absolute Gasteiger partial charge is 0.461 e. The summed E-state index contributed by atoms with van der Waals surface area (Å²) in [7, 11) is 3.19. The third-order valence-electron chi connectivity index (χ3n) is 1.84. The highest BCUT2D eigenvalue weighted by Crippen LogP contribution is 2.20. The van der Waals surface area contributed by atoms with Gasteiger partial charge in [0.2, 0.25) is 6.29 Å². The zero-order valence-corrected chi connectivity index (χ0v) is 8.37. The Morgan fingerprint density at radius 2 is 2.00 bits per heavy atom. The molecular formula is C10H16O3. The molecule has 1 aromatic heterocycles. The van der Waals surface area contributed by atoms with Crippen LogP contribution in [0, 0.1) is 0 Å². The molecule has 0 fully saturated rings. The summed E-state index contributed by atoms with van der Waals surface area (Å²) in [4.78, 5) is 0. The van der Waals surface area contributed by atoms with Gasteiger partial charge in [-0.1, -0.05) is 6.92 Å². The van der Waals surface area contributed by atoms with E-state index in [2.05, 4.69) is 6.92 Å². The SMILES string of the molecule is CCCc1ccc(C(OC)OC)o1. The summed E-state index contributed by atoms with van der Waals surface area (Å²) in [5, 5.41) is 0. The van der Waals surface area contributed by atoms with Gasteiger partial charge in [0, 0.05) is 20.6 Å². The van der Waals surface area contributed by atoms with Crippen LogP contribution in [0.4, 0.5) is 0 Å². The molecule has 0 aromatic carbocycles. The first kappa shape index (κ1) is 10.3. The maximum absolute atomic E-state index is 5.52. The average Bonchev–Trinajstić information content (AvgIpc) is 2.56. The van der Waals surface area contributed by atoms with Gasteiger partial charge in [0.1, 0.15) is 5.76 Å². The number of furan rings is 1. The predicted molar refractivity (Wildman–Crippen MR) is 49.5 cm³/mol. The van der Waals surface area contributed by atoms with Gasteiger partial charge < -0.3 is 13.9 Å². The van der Waals surface area contributed by atoms with E-state index in [0.29, 0.717) is 0 Å². The standard InChI is InChI=1S/C10H16O3/c1-4-5-8-6-7-9(13-8)10(11-2)12-3/h6-7,10H,4-5H2,1-3H3. The van der Waals surface area contributed by atoms with Gasteiger partial charge in [-0.15, -0.1) is 0 Å². The molecule has 0 spiro atoms. The normalized spacial score (nSPS) is 11.1. The smallest absolute Gasteiger partial charge is 0.216 e. The lowest BCUT2D eigenvalue weighted by Gasteiger charge is -2.09. The Kier molecular flexibility index (Phi) is 3.99. The van der Waals surface area contributed by atoms with Gasteiger partial charge in [-0.2, -0.15) is 0 Å². The van der Waals surface area contributed by atoms with E-state index in [1.54, 1.807) is 14.2 Å². The van der Waals surface area contributed by atoms with Crippen LogP contribution in [0.3, 0.4) is 0 Å². The van der Waals surface area contributed by atoms with Crippen LogP contribution in [0.2, 0.25) is 0 Å². The highest BCUT2D eigenvalue weighted by Gasteiger charge is 2.12. The zero-order chi connectivity index (χ0) is 9.68. The molecule has 1 heterocycles. The molecule has 0 N–H and O–H groups in total. The summed E-state index contributed by atoms with van der Waals surface area (Å²) < 4.78 is 15.6. The van der Waals surface area contributed by atoms with Crippen molar-refractivity contribution in [2.45, 2.75) is 26.1 Å². The molecule has 0 saturated carbocycles. The highest BCUT2D eigenvalue weighted by atomic mass is 16.7. The number of aryl methyl sites for hydroxylation is 1. The molecule has 0 bridgehead atoms. The van der Waals surface area contributed by atoms with Gasteiger partial charge in [0.25, 0.3) is 0 Å². The Balaban J connectivity index is 2.66. The maximum Gasteiger partial charge on any atom is 0.216 e. The summed E-state index contributed by atoms with van der Waals surface area (Å²) in [5.74, 6) is 1.71. The minimum absolute atomic E-state index is 0.384. The Morgan fingerprint density at radius 1 is 1.31 bits per heavy atom. The van der Waals surface area contributed by atoms with Crippen molar-refractivity contribution in [2.75, 3.05) is 14.2 Å². The lowest BCUT2D eigenvalue weighted by atomic mass is 10.3. The Hall–Kier alpha value is -0.800. The van der Waals surface area contributed by atoms with Crippen LogP contribution < -0.4 is 0 Å². The van der Waals surface area contributed by atoms with Gasteiger partial charge in [-0.3, -0.25) is 0 Å². The summed E-state index contributed by atoms with van der Waals surface area (Å²) >= 11 is 0. The lowest BCUT2D eigenvalue weighted by Crippen LogP contribution is -2.01. The molecule has 1 rings (SSSR count). The number of rotatable bonds is 5. The minimum atomic E-state index is -0.384. The van der Waals surface area contributed by atoms with E-state index in [-0.39, 0.29) is 6.29 Å². The Morgan fingerprint density at radius 3 is 2.54 bits per heavy atom. The number of hydrogen-bond donors (Lipinski definition) is 0. The molecule has 1 aromatic rings. The first-order chi connectivity index (χ1) is 6.31. The Labute approximate surface area is 78.6 Å². The summed E-state index contributed by atoms with van der Waals surface area (Å²) in [5.41, 5.74) is 0. The first-order valence-electron chi connectivity index (χ1n) is 4.46. The molecule has 3 nitrogen and oxygen atoms in total. The zero-order valence-electron chi connectivity index (χ0n) is 8.37. The quantitative estimate of drug-likeness (QED) is 0.659. The first-order valence-corrected chi connectivity index (χ1v) is 4.46. The fourth-order valence-corrected chi connectivity index (χ4v) is 1.23. The predicted octanol–water partition coefficient (Wildman–Crippen LogP) is 2.52. The topological polar surface area (TPSA) is 31.6 Å². The van der Waals surface area contributed by atoms with Crippen molar-refractivity contribution < 1.29 is 13.9 Å². The minimum Gasteiger partial charge on any atom is -0.461 e. The maximum atomic E-state index is 5.52. The van der Waals surface area contributed by atoms with Gasteiger partial charge in [0.15, 0.2) is 5.76 Å². The summed E-state index contributed by atoms with van der Waals surface area (Å²) in [6.45, 7) is 2.12. The fraction of sp³-hybridized carbons (Fsp3) is 0.600. The molecule has 0 radical (unpaired) electrons. The van der Waals surface area contributed by atoms with E-state index in [1.807, 2.05) is 12.1 Å². The van der Waals surface area contributed by atoms with Crippen LogP contribution in [0.25, 0.3) is 0 Å². The summed E-state index contributed by atoms with van der Waals surface area (Å²) in [6.07, 6.45) is 1.66. The second kappa shape index (κ2) is 5.04. The molecular weight excluding hydrogens is 168 g/mol. The summed E-state index contributed by atoms with van der Waals surface area (Å²) in [6, 6.07) is 3.85. The third-order valence-corrected chi connectivity index (χ3v) is 1.84. The molecule has 0 amide bonds. The molecule has 13 heavy (non-hydrogen) atoms. The number of hydrogen-bond acceptors (Lipinski definition) is 3. The van der Waals surface area contributed by atoms with Crippen LogP contribution in [0.1, 0.15) is 31.2 Å². The molecule has 74 valence electrons. The van der Waals surface area contributed by atoms with E-state index in [0.717, 1.165) is 24.4 Å².